The highest BCUT2D eigenvalue weighted by Crippen LogP contribution is 2.19. The van der Waals surface area contributed by atoms with Gasteiger partial charge >= 0.3 is 5.97 Å². The Kier molecular flexibility index (Phi) is 4.51. The standard InChI is InChI=1S/C11H12F3NO2/c1-2-3-15-10(11(16)17)6-4-7(12)9(14)8(13)5-6/h4-5,10,15H,2-3H2,1H3,(H,16,17). The lowest BCUT2D eigenvalue weighted by Gasteiger charge is -2.14. The maximum absolute atomic E-state index is 13.0. The summed E-state index contributed by atoms with van der Waals surface area (Å²) in [7, 11) is 0. The van der Waals surface area contributed by atoms with Crippen LogP contribution in [0.2, 0.25) is 0 Å². The quantitative estimate of drug-likeness (QED) is 0.784. The topological polar surface area (TPSA) is 49.3 Å². The summed E-state index contributed by atoms with van der Waals surface area (Å²) in [6.07, 6.45) is 0.663. The Morgan fingerprint density at radius 1 is 1.35 bits per heavy atom. The molecule has 1 atom stereocenters. The molecule has 0 aliphatic heterocycles. The van der Waals surface area contributed by atoms with Crippen LogP contribution in [-0.2, 0) is 4.79 Å². The van der Waals surface area contributed by atoms with Gasteiger partial charge in [0.15, 0.2) is 17.5 Å². The van der Waals surface area contributed by atoms with Gasteiger partial charge in [-0.3, -0.25) is 4.79 Å². The Hall–Kier alpha value is -1.56. The van der Waals surface area contributed by atoms with Gasteiger partial charge in [0.25, 0.3) is 0 Å². The summed E-state index contributed by atoms with van der Waals surface area (Å²) >= 11 is 0. The van der Waals surface area contributed by atoms with E-state index in [1.165, 1.54) is 0 Å². The van der Waals surface area contributed by atoms with Crippen molar-refractivity contribution in [1.29, 1.82) is 0 Å². The second-order valence-corrected chi connectivity index (χ2v) is 3.52. The molecular weight excluding hydrogens is 235 g/mol. The predicted molar refractivity (Wildman–Crippen MR) is 55.0 cm³/mol. The summed E-state index contributed by atoms with van der Waals surface area (Å²) in [5.74, 6) is -5.67. The van der Waals surface area contributed by atoms with Crippen molar-refractivity contribution in [3.63, 3.8) is 0 Å². The Labute approximate surface area is 96.3 Å². The summed E-state index contributed by atoms with van der Waals surface area (Å²) in [5, 5.41) is 11.5. The van der Waals surface area contributed by atoms with Gasteiger partial charge in [-0.15, -0.1) is 0 Å². The third-order valence-electron chi connectivity index (χ3n) is 2.18. The molecule has 0 saturated carbocycles. The van der Waals surface area contributed by atoms with Crippen LogP contribution < -0.4 is 5.32 Å². The molecule has 1 unspecified atom stereocenters. The van der Waals surface area contributed by atoms with Gasteiger partial charge in [-0.1, -0.05) is 6.92 Å². The normalized spacial score (nSPS) is 12.5. The van der Waals surface area contributed by atoms with E-state index in [2.05, 4.69) is 5.32 Å². The summed E-state index contributed by atoms with van der Waals surface area (Å²) in [5.41, 5.74) is -0.151. The lowest BCUT2D eigenvalue weighted by Crippen LogP contribution is -2.29. The SMILES string of the molecule is CCCNC(C(=O)O)c1cc(F)c(F)c(F)c1. The molecular formula is C11H12F3NO2. The molecule has 6 heteroatoms. The molecule has 0 aliphatic rings. The number of hydrogen-bond acceptors (Lipinski definition) is 2. The van der Waals surface area contributed by atoms with Crippen molar-refractivity contribution >= 4 is 5.97 Å². The third kappa shape index (κ3) is 3.20. The van der Waals surface area contributed by atoms with Gasteiger partial charge in [-0.2, -0.15) is 0 Å². The van der Waals surface area contributed by atoms with E-state index >= 15 is 0 Å². The van der Waals surface area contributed by atoms with E-state index in [1.807, 2.05) is 6.92 Å². The monoisotopic (exact) mass is 247 g/mol. The van der Waals surface area contributed by atoms with Gasteiger partial charge in [-0.25, -0.2) is 13.2 Å². The lowest BCUT2D eigenvalue weighted by atomic mass is 10.1. The van der Waals surface area contributed by atoms with Crippen molar-refractivity contribution in [3.05, 3.63) is 35.1 Å². The van der Waals surface area contributed by atoms with Crippen LogP contribution in [0.3, 0.4) is 0 Å². The smallest absolute Gasteiger partial charge is 0.325 e. The van der Waals surface area contributed by atoms with E-state index in [1.54, 1.807) is 0 Å². The van der Waals surface area contributed by atoms with Crippen molar-refractivity contribution < 1.29 is 23.1 Å². The van der Waals surface area contributed by atoms with Gasteiger partial charge in [0, 0.05) is 0 Å². The average Bonchev–Trinajstić information content (AvgIpc) is 2.25. The Morgan fingerprint density at radius 3 is 2.29 bits per heavy atom. The highest BCUT2D eigenvalue weighted by molar-refractivity contribution is 5.75. The zero-order valence-electron chi connectivity index (χ0n) is 9.14. The van der Waals surface area contributed by atoms with Crippen molar-refractivity contribution in [2.24, 2.45) is 0 Å². The number of nitrogens with one attached hydrogen (secondary N) is 1. The number of carboxylic acid groups (broad SMARTS) is 1. The molecule has 1 rings (SSSR count). The van der Waals surface area contributed by atoms with Gasteiger partial charge < -0.3 is 10.4 Å². The van der Waals surface area contributed by atoms with E-state index in [4.69, 9.17) is 5.11 Å². The maximum Gasteiger partial charge on any atom is 0.325 e. The third-order valence-corrected chi connectivity index (χ3v) is 2.18. The molecule has 0 aliphatic carbocycles. The van der Waals surface area contributed by atoms with Crippen LogP contribution in [0.1, 0.15) is 24.9 Å². The molecule has 94 valence electrons. The van der Waals surface area contributed by atoms with Crippen LogP contribution >= 0.6 is 0 Å². The molecule has 1 aromatic carbocycles. The van der Waals surface area contributed by atoms with E-state index in [0.717, 1.165) is 0 Å². The first-order valence-electron chi connectivity index (χ1n) is 5.08. The van der Waals surface area contributed by atoms with Gasteiger partial charge in [0.2, 0.25) is 0 Å². The molecule has 0 bridgehead atoms. The fourth-order valence-electron chi connectivity index (χ4n) is 1.38. The Morgan fingerprint density at radius 2 is 1.88 bits per heavy atom. The number of hydrogen-bond donors (Lipinski definition) is 2. The van der Waals surface area contributed by atoms with Crippen LogP contribution in [0.15, 0.2) is 12.1 Å². The maximum atomic E-state index is 13.0. The minimum absolute atomic E-state index is 0.151. The molecule has 1 aromatic rings. The predicted octanol–water partition coefficient (Wildman–Crippen LogP) is 2.23. The number of aliphatic carboxylic acids is 1. The first kappa shape index (κ1) is 13.5. The number of carboxylic acids is 1. The second-order valence-electron chi connectivity index (χ2n) is 3.52. The van der Waals surface area contributed by atoms with Gasteiger partial charge in [0.1, 0.15) is 6.04 Å². The molecule has 0 amide bonds. The number of halogens is 3. The van der Waals surface area contributed by atoms with Crippen molar-refractivity contribution in [2.45, 2.75) is 19.4 Å². The largest absolute Gasteiger partial charge is 0.480 e. The number of benzene rings is 1. The molecule has 17 heavy (non-hydrogen) atoms. The Balaban J connectivity index is 3.06. The molecule has 3 nitrogen and oxygen atoms in total. The van der Waals surface area contributed by atoms with Crippen molar-refractivity contribution in [1.82, 2.24) is 5.32 Å². The molecule has 0 saturated heterocycles. The Bertz CT molecular complexity index is 400. The molecule has 0 fully saturated rings. The van der Waals surface area contributed by atoms with Crippen LogP contribution in [0.4, 0.5) is 13.2 Å². The van der Waals surface area contributed by atoms with E-state index in [9.17, 15) is 18.0 Å². The van der Waals surface area contributed by atoms with Crippen LogP contribution in [0.25, 0.3) is 0 Å². The van der Waals surface area contributed by atoms with Crippen LogP contribution in [0.5, 0.6) is 0 Å². The minimum atomic E-state index is -1.60. The van der Waals surface area contributed by atoms with Crippen LogP contribution in [0, 0.1) is 17.5 Å². The summed E-state index contributed by atoms with van der Waals surface area (Å²) in [6, 6.07) is 0.110. The van der Waals surface area contributed by atoms with E-state index in [0.29, 0.717) is 25.1 Å². The fourth-order valence-corrected chi connectivity index (χ4v) is 1.38. The number of carbonyl (C=O) groups is 1. The molecule has 0 spiro atoms. The molecule has 0 radical (unpaired) electrons. The highest BCUT2D eigenvalue weighted by atomic mass is 19.2. The van der Waals surface area contributed by atoms with Crippen molar-refractivity contribution in [3.8, 4) is 0 Å². The molecule has 0 heterocycles. The van der Waals surface area contributed by atoms with E-state index < -0.39 is 29.5 Å². The van der Waals surface area contributed by atoms with E-state index in [-0.39, 0.29) is 5.56 Å². The first-order chi connectivity index (χ1) is 7.97. The summed E-state index contributed by atoms with van der Waals surface area (Å²) < 4.78 is 38.6. The summed E-state index contributed by atoms with van der Waals surface area (Å²) in [6.45, 7) is 2.19. The highest BCUT2D eigenvalue weighted by Gasteiger charge is 2.22. The lowest BCUT2D eigenvalue weighted by molar-refractivity contribution is -0.139. The summed E-state index contributed by atoms with van der Waals surface area (Å²) in [4.78, 5) is 10.9. The molecule has 2 N–H and O–H groups in total. The average molecular weight is 247 g/mol. The first-order valence-corrected chi connectivity index (χ1v) is 5.08. The van der Waals surface area contributed by atoms with Crippen molar-refractivity contribution in [2.75, 3.05) is 6.54 Å². The zero-order valence-corrected chi connectivity index (χ0v) is 9.14. The fraction of sp³-hybridized carbons (Fsp3) is 0.364. The van der Waals surface area contributed by atoms with Crippen LogP contribution in [-0.4, -0.2) is 17.6 Å². The van der Waals surface area contributed by atoms with Gasteiger partial charge in [0.05, 0.1) is 0 Å². The van der Waals surface area contributed by atoms with Gasteiger partial charge in [-0.05, 0) is 30.7 Å². The second kappa shape index (κ2) is 5.67. The number of rotatable bonds is 5. The molecule has 0 aromatic heterocycles. The minimum Gasteiger partial charge on any atom is -0.480 e. The zero-order chi connectivity index (χ0) is 13.0.